The highest BCUT2D eigenvalue weighted by Crippen LogP contribution is 2.21. The first-order valence-corrected chi connectivity index (χ1v) is 3.63. The SMILES string of the molecule is [C-]#[N+]c1cc2cc[nH]c2nc1C. The van der Waals surface area contributed by atoms with Gasteiger partial charge in [0.15, 0.2) is 0 Å². The third kappa shape index (κ3) is 0.857. The first kappa shape index (κ1) is 6.86. The van der Waals surface area contributed by atoms with Gasteiger partial charge in [0.2, 0.25) is 5.69 Å². The molecule has 12 heavy (non-hydrogen) atoms. The molecule has 58 valence electrons. The maximum absolute atomic E-state index is 6.89. The van der Waals surface area contributed by atoms with Gasteiger partial charge >= 0.3 is 0 Å². The van der Waals surface area contributed by atoms with Crippen LogP contribution in [0.3, 0.4) is 0 Å². The zero-order valence-electron chi connectivity index (χ0n) is 6.63. The molecular formula is C9H7N3. The lowest BCUT2D eigenvalue weighted by Crippen LogP contribution is -1.81. The average molecular weight is 157 g/mol. The van der Waals surface area contributed by atoms with Gasteiger partial charge in [0.05, 0.1) is 6.57 Å². The van der Waals surface area contributed by atoms with Crippen LogP contribution in [0.15, 0.2) is 18.3 Å². The second kappa shape index (κ2) is 2.35. The summed E-state index contributed by atoms with van der Waals surface area (Å²) in [6.45, 7) is 8.73. The second-order valence-corrected chi connectivity index (χ2v) is 2.62. The van der Waals surface area contributed by atoms with Gasteiger partial charge in [0, 0.05) is 17.3 Å². The van der Waals surface area contributed by atoms with Gasteiger partial charge in [0.1, 0.15) is 5.65 Å². The van der Waals surface area contributed by atoms with Crippen molar-refractivity contribution in [2.24, 2.45) is 0 Å². The molecule has 0 saturated heterocycles. The van der Waals surface area contributed by atoms with E-state index in [0.29, 0.717) is 5.69 Å². The molecule has 2 rings (SSSR count). The fourth-order valence-corrected chi connectivity index (χ4v) is 1.18. The van der Waals surface area contributed by atoms with Crippen molar-refractivity contribution in [3.05, 3.63) is 35.4 Å². The number of aromatic nitrogens is 2. The minimum atomic E-state index is 0.627. The highest BCUT2D eigenvalue weighted by atomic mass is 14.9. The summed E-state index contributed by atoms with van der Waals surface area (Å²) in [5.74, 6) is 0. The quantitative estimate of drug-likeness (QED) is 0.585. The Bertz CT molecular complexity index is 462. The van der Waals surface area contributed by atoms with E-state index in [0.717, 1.165) is 16.7 Å². The number of rotatable bonds is 0. The van der Waals surface area contributed by atoms with Gasteiger partial charge in [-0.3, -0.25) is 0 Å². The molecule has 0 aliphatic carbocycles. The molecule has 2 heterocycles. The average Bonchev–Trinajstić information content (AvgIpc) is 2.49. The molecule has 0 unspecified atom stereocenters. The zero-order valence-corrected chi connectivity index (χ0v) is 6.63. The highest BCUT2D eigenvalue weighted by molar-refractivity contribution is 5.80. The molecule has 0 bridgehead atoms. The standard InChI is InChI=1S/C9H7N3/c1-6-8(10-2)5-7-3-4-11-9(7)12-6/h3-5H,1H3,(H,11,12). The van der Waals surface area contributed by atoms with E-state index < -0.39 is 0 Å². The van der Waals surface area contributed by atoms with Gasteiger partial charge < -0.3 is 4.98 Å². The van der Waals surface area contributed by atoms with Gasteiger partial charge in [0.25, 0.3) is 0 Å². The normalized spacial score (nSPS) is 10.0. The molecule has 0 aliphatic heterocycles. The molecule has 0 spiro atoms. The van der Waals surface area contributed by atoms with Crippen molar-refractivity contribution in [1.82, 2.24) is 9.97 Å². The van der Waals surface area contributed by atoms with Crippen molar-refractivity contribution in [2.75, 3.05) is 0 Å². The van der Waals surface area contributed by atoms with Crippen LogP contribution in [0, 0.1) is 13.5 Å². The smallest absolute Gasteiger partial charge is 0.208 e. The zero-order chi connectivity index (χ0) is 8.55. The van der Waals surface area contributed by atoms with E-state index in [-0.39, 0.29) is 0 Å². The molecule has 2 aromatic rings. The minimum Gasteiger partial charge on any atom is -0.346 e. The minimum absolute atomic E-state index is 0.627. The Labute approximate surface area is 69.9 Å². The summed E-state index contributed by atoms with van der Waals surface area (Å²) in [7, 11) is 0. The fraction of sp³-hybridized carbons (Fsp3) is 0.111. The van der Waals surface area contributed by atoms with E-state index in [2.05, 4.69) is 14.8 Å². The third-order valence-corrected chi connectivity index (χ3v) is 1.82. The number of hydrogen-bond acceptors (Lipinski definition) is 1. The van der Waals surface area contributed by atoms with Crippen LogP contribution in [-0.4, -0.2) is 9.97 Å². The summed E-state index contributed by atoms with van der Waals surface area (Å²) < 4.78 is 0. The molecule has 0 saturated carbocycles. The number of aromatic amines is 1. The number of nitrogens with one attached hydrogen (secondary N) is 1. The Morgan fingerprint density at radius 3 is 3.17 bits per heavy atom. The lowest BCUT2D eigenvalue weighted by molar-refractivity contribution is 1.23. The van der Waals surface area contributed by atoms with E-state index >= 15 is 0 Å². The molecular weight excluding hydrogens is 150 g/mol. The predicted molar refractivity (Wildman–Crippen MR) is 47.1 cm³/mol. The first-order chi connectivity index (χ1) is 5.81. The monoisotopic (exact) mass is 157 g/mol. The Balaban J connectivity index is 2.84. The fourth-order valence-electron chi connectivity index (χ4n) is 1.18. The first-order valence-electron chi connectivity index (χ1n) is 3.63. The molecule has 0 amide bonds. The number of hydrogen-bond donors (Lipinski definition) is 1. The van der Waals surface area contributed by atoms with Crippen LogP contribution >= 0.6 is 0 Å². The molecule has 2 aromatic heterocycles. The number of aryl methyl sites for hydroxylation is 1. The lowest BCUT2D eigenvalue weighted by atomic mass is 10.2. The molecule has 0 atom stereocenters. The summed E-state index contributed by atoms with van der Waals surface area (Å²) in [6, 6.07) is 3.76. The van der Waals surface area contributed by atoms with E-state index in [4.69, 9.17) is 6.57 Å². The predicted octanol–water partition coefficient (Wildman–Crippen LogP) is 2.42. The molecule has 3 heteroatoms. The number of pyridine rings is 1. The maximum Gasteiger partial charge on any atom is 0.208 e. The summed E-state index contributed by atoms with van der Waals surface area (Å²) in [5.41, 5.74) is 2.25. The van der Waals surface area contributed by atoms with Gasteiger partial charge in [-0.25, -0.2) is 9.83 Å². The molecule has 0 fully saturated rings. The van der Waals surface area contributed by atoms with Gasteiger partial charge in [-0.05, 0) is 19.1 Å². The van der Waals surface area contributed by atoms with E-state index in [9.17, 15) is 0 Å². The van der Waals surface area contributed by atoms with E-state index in [1.807, 2.05) is 25.3 Å². The van der Waals surface area contributed by atoms with Crippen molar-refractivity contribution < 1.29 is 0 Å². The van der Waals surface area contributed by atoms with Gasteiger partial charge in [-0.15, -0.1) is 0 Å². The number of H-pyrrole nitrogens is 1. The Morgan fingerprint density at radius 1 is 1.58 bits per heavy atom. The summed E-state index contributed by atoms with van der Waals surface area (Å²) in [6.07, 6.45) is 1.82. The maximum atomic E-state index is 6.89. The van der Waals surface area contributed by atoms with Crippen LogP contribution in [0.2, 0.25) is 0 Å². The Hall–Kier alpha value is -1.82. The third-order valence-electron chi connectivity index (χ3n) is 1.82. The van der Waals surface area contributed by atoms with Crippen LogP contribution in [0.4, 0.5) is 5.69 Å². The summed E-state index contributed by atoms with van der Waals surface area (Å²) >= 11 is 0. The molecule has 3 nitrogen and oxygen atoms in total. The van der Waals surface area contributed by atoms with Crippen molar-refractivity contribution >= 4 is 16.7 Å². The molecule has 0 radical (unpaired) electrons. The number of fused-ring (bicyclic) bond motifs is 1. The Morgan fingerprint density at radius 2 is 2.42 bits per heavy atom. The van der Waals surface area contributed by atoms with Crippen LogP contribution < -0.4 is 0 Å². The van der Waals surface area contributed by atoms with Crippen molar-refractivity contribution in [2.45, 2.75) is 6.92 Å². The van der Waals surface area contributed by atoms with Crippen molar-refractivity contribution in [1.29, 1.82) is 0 Å². The van der Waals surface area contributed by atoms with Crippen LogP contribution in [0.5, 0.6) is 0 Å². The lowest BCUT2D eigenvalue weighted by Gasteiger charge is -1.95. The van der Waals surface area contributed by atoms with Crippen LogP contribution in [-0.2, 0) is 0 Å². The van der Waals surface area contributed by atoms with Gasteiger partial charge in [-0.1, -0.05) is 0 Å². The number of nitrogens with zero attached hydrogens (tertiary/aromatic N) is 2. The van der Waals surface area contributed by atoms with Crippen LogP contribution in [0.25, 0.3) is 15.9 Å². The topological polar surface area (TPSA) is 33.0 Å². The highest BCUT2D eigenvalue weighted by Gasteiger charge is 2.01. The molecule has 1 N–H and O–H groups in total. The molecule has 0 aromatic carbocycles. The van der Waals surface area contributed by atoms with E-state index in [1.54, 1.807) is 0 Å². The Kier molecular flexibility index (Phi) is 1.34. The largest absolute Gasteiger partial charge is 0.346 e. The second-order valence-electron chi connectivity index (χ2n) is 2.62. The summed E-state index contributed by atoms with van der Waals surface area (Å²) in [4.78, 5) is 10.6. The van der Waals surface area contributed by atoms with Gasteiger partial charge in [-0.2, -0.15) is 0 Å². The van der Waals surface area contributed by atoms with Crippen molar-refractivity contribution in [3.8, 4) is 0 Å². The van der Waals surface area contributed by atoms with Crippen LogP contribution in [0.1, 0.15) is 5.69 Å². The molecule has 0 aliphatic rings. The van der Waals surface area contributed by atoms with Crippen molar-refractivity contribution in [3.63, 3.8) is 0 Å². The van der Waals surface area contributed by atoms with E-state index in [1.165, 1.54) is 0 Å². The summed E-state index contributed by atoms with van der Waals surface area (Å²) in [5, 5.41) is 0.992.